The van der Waals surface area contributed by atoms with E-state index in [0.29, 0.717) is 0 Å². The third kappa shape index (κ3) is 3.66. The molecule has 1 aromatic rings. The average molecular weight is 295 g/mol. The number of hydrogen-bond acceptors (Lipinski definition) is 2. The molecule has 0 fully saturated rings. The summed E-state index contributed by atoms with van der Waals surface area (Å²) in [4.78, 5) is 2.47. The molecular weight excluding hydrogens is 276 g/mol. The molecule has 0 spiro atoms. The van der Waals surface area contributed by atoms with Crippen LogP contribution in [0.5, 0.6) is 0 Å². The van der Waals surface area contributed by atoms with Gasteiger partial charge in [0.25, 0.3) is 0 Å². The van der Waals surface area contributed by atoms with E-state index in [9.17, 15) is 0 Å². The van der Waals surface area contributed by atoms with Gasteiger partial charge in [0.1, 0.15) is 0 Å². The Bertz CT molecular complexity index is 401. The number of nitrogens with zero attached hydrogens (tertiary/aromatic N) is 1. The minimum absolute atomic E-state index is 0.922. The maximum Gasteiger partial charge on any atom is 0.0248 e. The van der Waals surface area contributed by atoms with Crippen molar-refractivity contribution < 1.29 is 0 Å². The van der Waals surface area contributed by atoms with Crippen molar-refractivity contribution in [2.24, 2.45) is 0 Å². The zero-order valence-corrected chi connectivity index (χ0v) is 11.8. The Labute approximate surface area is 112 Å². The van der Waals surface area contributed by atoms with E-state index in [1.54, 1.807) is 0 Å². The Morgan fingerprint density at radius 1 is 1.35 bits per heavy atom. The predicted octanol–water partition coefficient (Wildman–Crippen LogP) is 2.93. The molecule has 17 heavy (non-hydrogen) atoms. The topological polar surface area (TPSA) is 15.3 Å². The first-order chi connectivity index (χ1) is 8.29. The van der Waals surface area contributed by atoms with E-state index in [4.69, 9.17) is 0 Å². The molecule has 3 heteroatoms. The lowest BCUT2D eigenvalue weighted by Crippen LogP contribution is -2.26. The van der Waals surface area contributed by atoms with Gasteiger partial charge in [-0.3, -0.25) is 4.90 Å². The van der Waals surface area contributed by atoms with Gasteiger partial charge < -0.3 is 5.32 Å². The van der Waals surface area contributed by atoms with Crippen molar-refractivity contribution in [3.05, 3.63) is 46.0 Å². The van der Waals surface area contributed by atoms with Crippen LogP contribution in [0.15, 0.2) is 34.8 Å². The monoisotopic (exact) mass is 294 g/mol. The lowest BCUT2D eigenvalue weighted by molar-refractivity contribution is 0.290. The zero-order valence-electron chi connectivity index (χ0n) is 10.2. The molecule has 1 aromatic carbocycles. The fraction of sp³-hybridized carbons (Fsp3) is 0.429. The van der Waals surface area contributed by atoms with Crippen molar-refractivity contribution in [1.29, 1.82) is 0 Å². The summed E-state index contributed by atoms with van der Waals surface area (Å²) in [7, 11) is 1.97. The molecule has 0 bridgehead atoms. The SMILES string of the molecule is CNCc1ccc(CN2CC=CCC2)c(Br)c1. The first-order valence-electron chi connectivity index (χ1n) is 6.09. The van der Waals surface area contributed by atoms with Gasteiger partial charge in [-0.25, -0.2) is 0 Å². The Hall–Kier alpha value is -0.640. The minimum atomic E-state index is 0.922. The molecule has 0 saturated carbocycles. The molecule has 0 saturated heterocycles. The molecule has 0 radical (unpaired) electrons. The van der Waals surface area contributed by atoms with Crippen LogP contribution < -0.4 is 5.32 Å². The summed E-state index contributed by atoms with van der Waals surface area (Å²) < 4.78 is 1.22. The standard InChI is InChI=1S/C14H19BrN2/c1-16-10-12-5-6-13(14(15)9-12)11-17-7-3-2-4-8-17/h2-3,5-6,9,16H,4,7-8,10-11H2,1H3. The molecule has 2 nitrogen and oxygen atoms in total. The molecule has 1 heterocycles. The Morgan fingerprint density at radius 3 is 2.88 bits per heavy atom. The highest BCUT2D eigenvalue weighted by molar-refractivity contribution is 9.10. The third-order valence-corrected chi connectivity index (χ3v) is 3.77. The van der Waals surface area contributed by atoms with E-state index in [-0.39, 0.29) is 0 Å². The summed E-state index contributed by atoms with van der Waals surface area (Å²) in [6.07, 6.45) is 5.70. The molecule has 1 aliphatic heterocycles. The van der Waals surface area contributed by atoms with Crippen LogP contribution in [0, 0.1) is 0 Å². The molecule has 92 valence electrons. The smallest absolute Gasteiger partial charge is 0.0248 e. The summed E-state index contributed by atoms with van der Waals surface area (Å²) in [5.74, 6) is 0. The largest absolute Gasteiger partial charge is 0.316 e. The normalized spacial score (nSPS) is 16.4. The van der Waals surface area contributed by atoms with Gasteiger partial charge in [0.05, 0.1) is 0 Å². The first kappa shape index (κ1) is 12.8. The van der Waals surface area contributed by atoms with Gasteiger partial charge in [0.2, 0.25) is 0 Å². The molecule has 0 unspecified atom stereocenters. The van der Waals surface area contributed by atoms with Gasteiger partial charge in [0.15, 0.2) is 0 Å². The van der Waals surface area contributed by atoms with Gasteiger partial charge >= 0.3 is 0 Å². The van der Waals surface area contributed by atoms with Crippen LogP contribution in [-0.2, 0) is 13.1 Å². The maximum absolute atomic E-state index is 3.67. The molecule has 0 aliphatic carbocycles. The highest BCUT2D eigenvalue weighted by atomic mass is 79.9. The first-order valence-corrected chi connectivity index (χ1v) is 6.88. The van der Waals surface area contributed by atoms with E-state index < -0.39 is 0 Å². The van der Waals surface area contributed by atoms with Crippen molar-refractivity contribution in [3.63, 3.8) is 0 Å². The predicted molar refractivity (Wildman–Crippen MR) is 75.9 cm³/mol. The van der Waals surface area contributed by atoms with E-state index in [1.807, 2.05) is 7.05 Å². The number of benzene rings is 1. The van der Waals surface area contributed by atoms with Crippen LogP contribution in [-0.4, -0.2) is 25.0 Å². The molecular formula is C14H19BrN2. The second kappa shape index (κ2) is 6.34. The third-order valence-electron chi connectivity index (χ3n) is 3.03. The number of halogens is 1. The molecule has 0 amide bonds. The van der Waals surface area contributed by atoms with Gasteiger partial charge in [-0.05, 0) is 30.7 Å². The van der Waals surface area contributed by atoms with Gasteiger partial charge in [-0.2, -0.15) is 0 Å². The maximum atomic E-state index is 3.67. The van der Waals surface area contributed by atoms with E-state index in [0.717, 1.165) is 19.6 Å². The fourth-order valence-electron chi connectivity index (χ4n) is 2.11. The van der Waals surface area contributed by atoms with Crippen molar-refractivity contribution in [1.82, 2.24) is 10.2 Å². The Balaban J connectivity index is 2.03. The van der Waals surface area contributed by atoms with Gasteiger partial charge in [-0.1, -0.05) is 40.2 Å². The van der Waals surface area contributed by atoms with Crippen LogP contribution in [0.1, 0.15) is 17.5 Å². The van der Waals surface area contributed by atoms with Crippen LogP contribution in [0.3, 0.4) is 0 Å². The van der Waals surface area contributed by atoms with Crippen LogP contribution in [0.2, 0.25) is 0 Å². The van der Waals surface area contributed by atoms with Crippen molar-refractivity contribution in [2.45, 2.75) is 19.5 Å². The molecule has 1 aliphatic rings. The number of hydrogen-bond donors (Lipinski definition) is 1. The second-order valence-corrected chi connectivity index (χ2v) is 5.31. The quantitative estimate of drug-likeness (QED) is 0.859. The van der Waals surface area contributed by atoms with Gasteiger partial charge in [0, 0.05) is 30.7 Å². The fourth-order valence-corrected chi connectivity index (χ4v) is 2.66. The van der Waals surface area contributed by atoms with Crippen molar-refractivity contribution >= 4 is 15.9 Å². The molecule has 2 rings (SSSR count). The van der Waals surface area contributed by atoms with Crippen LogP contribution >= 0.6 is 15.9 Å². The lowest BCUT2D eigenvalue weighted by atomic mass is 10.1. The van der Waals surface area contributed by atoms with Gasteiger partial charge in [-0.15, -0.1) is 0 Å². The molecule has 0 aromatic heterocycles. The van der Waals surface area contributed by atoms with Crippen molar-refractivity contribution in [3.8, 4) is 0 Å². The zero-order chi connectivity index (χ0) is 12.1. The lowest BCUT2D eigenvalue weighted by Gasteiger charge is -2.23. The highest BCUT2D eigenvalue weighted by Crippen LogP contribution is 2.21. The minimum Gasteiger partial charge on any atom is -0.316 e. The van der Waals surface area contributed by atoms with Crippen molar-refractivity contribution in [2.75, 3.05) is 20.1 Å². The Kier molecular flexibility index (Phi) is 4.77. The summed E-state index contributed by atoms with van der Waals surface area (Å²) in [5, 5.41) is 3.17. The van der Waals surface area contributed by atoms with E-state index in [1.165, 1.54) is 28.6 Å². The highest BCUT2D eigenvalue weighted by Gasteiger charge is 2.09. The number of rotatable bonds is 4. The summed E-state index contributed by atoms with van der Waals surface area (Å²) >= 11 is 3.67. The van der Waals surface area contributed by atoms with E-state index in [2.05, 4.69) is 56.5 Å². The number of nitrogens with one attached hydrogen (secondary N) is 1. The van der Waals surface area contributed by atoms with E-state index >= 15 is 0 Å². The van der Waals surface area contributed by atoms with Crippen LogP contribution in [0.4, 0.5) is 0 Å². The molecule has 1 N–H and O–H groups in total. The second-order valence-electron chi connectivity index (χ2n) is 4.45. The van der Waals surface area contributed by atoms with Crippen LogP contribution in [0.25, 0.3) is 0 Å². The summed E-state index contributed by atoms with van der Waals surface area (Å²) in [5.41, 5.74) is 2.70. The summed E-state index contributed by atoms with van der Waals surface area (Å²) in [6.45, 7) is 4.20. The average Bonchev–Trinajstić information content (AvgIpc) is 2.34. The Morgan fingerprint density at radius 2 is 2.24 bits per heavy atom. The molecule has 0 atom stereocenters. The summed E-state index contributed by atoms with van der Waals surface area (Å²) in [6, 6.07) is 6.65.